The SMILES string of the molecule is [Na+].[O-]c1ccc(Oc2ccc(Cl)cc2Cl)cc1. The molecule has 82 valence electrons. The Morgan fingerprint density at radius 2 is 1.59 bits per heavy atom. The van der Waals surface area contributed by atoms with Crippen LogP contribution in [0.5, 0.6) is 17.2 Å². The van der Waals surface area contributed by atoms with Crippen LogP contribution in [0.25, 0.3) is 0 Å². The molecule has 17 heavy (non-hydrogen) atoms. The predicted molar refractivity (Wildman–Crippen MR) is 62.4 cm³/mol. The Morgan fingerprint density at radius 3 is 2.18 bits per heavy atom. The Bertz CT molecular complexity index is 500. The molecule has 2 nitrogen and oxygen atoms in total. The summed E-state index contributed by atoms with van der Waals surface area (Å²) in [5.41, 5.74) is 0. The Hall–Kier alpha value is -0.380. The normalized spacial score (nSPS) is 9.53. The van der Waals surface area contributed by atoms with Crippen molar-refractivity contribution in [3.8, 4) is 17.2 Å². The van der Waals surface area contributed by atoms with E-state index in [0.29, 0.717) is 21.5 Å². The quantitative estimate of drug-likeness (QED) is 0.763. The summed E-state index contributed by atoms with van der Waals surface area (Å²) in [6.45, 7) is 0. The summed E-state index contributed by atoms with van der Waals surface area (Å²) in [4.78, 5) is 0. The molecule has 2 aromatic carbocycles. The number of benzene rings is 2. The molecule has 2 aromatic rings. The average molecular weight is 277 g/mol. The van der Waals surface area contributed by atoms with Crippen LogP contribution >= 0.6 is 23.2 Å². The van der Waals surface area contributed by atoms with Gasteiger partial charge >= 0.3 is 29.6 Å². The third-order valence-electron chi connectivity index (χ3n) is 1.95. The zero-order valence-corrected chi connectivity index (χ0v) is 12.6. The molecule has 0 saturated heterocycles. The van der Waals surface area contributed by atoms with E-state index < -0.39 is 0 Å². The van der Waals surface area contributed by atoms with Gasteiger partial charge in [0, 0.05) is 5.02 Å². The van der Waals surface area contributed by atoms with Crippen LogP contribution in [-0.4, -0.2) is 0 Å². The maximum atomic E-state index is 10.9. The molecule has 0 aliphatic heterocycles. The van der Waals surface area contributed by atoms with Gasteiger partial charge in [-0.05, 0) is 30.3 Å². The van der Waals surface area contributed by atoms with Crippen molar-refractivity contribution in [1.29, 1.82) is 0 Å². The maximum Gasteiger partial charge on any atom is 1.00 e. The summed E-state index contributed by atoms with van der Waals surface area (Å²) >= 11 is 11.7. The number of hydrogen-bond acceptors (Lipinski definition) is 2. The molecule has 0 saturated carbocycles. The largest absolute Gasteiger partial charge is 1.00 e. The molecule has 0 heterocycles. The van der Waals surface area contributed by atoms with Crippen LogP contribution in [-0.2, 0) is 0 Å². The van der Waals surface area contributed by atoms with E-state index >= 15 is 0 Å². The van der Waals surface area contributed by atoms with Gasteiger partial charge in [-0.3, -0.25) is 0 Å². The van der Waals surface area contributed by atoms with Gasteiger partial charge in [0.05, 0.1) is 5.02 Å². The second-order valence-electron chi connectivity index (χ2n) is 3.15. The third kappa shape index (κ3) is 4.09. The van der Waals surface area contributed by atoms with E-state index in [4.69, 9.17) is 27.9 Å². The second-order valence-corrected chi connectivity index (χ2v) is 3.99. The number of hydrogen-bond donors (Lipinski definition) is 0. The first-order valence-electron chi connectivity index (χ1n) is 4.55. The van der Waals surface area contributed by atoms with E-state index in [2.05, 4.69) is 0 Å². The summed E-state index contributed by atoms with van der Waals surface area (Å²) in [5, 5.41) is 11.9. The monoisotopic (exact) mass is 276 g/mol. The molecule has 0 aromatic heterocycles. The van der Waals surface area contributed by atoms with E-state index in [9.17, 15) is 5.11 Å². The molecule has 0 N–H and O–H groups in total. The Morgan fingerprint density at radius 1 is 0.941 bits per heavy atom. The Labute approximate surface area is 131 Å². The minimum absolute atomic E-state index is 0. The molecule has 0 unspecified atom stereocenters. The summed E-state index contributed by atoms with van der Waals surface area (Å²) in [6, 6.07) is 11.0. The molecule has 5 heteroatoms. The molecule has 0 amide bonds. The molecule has 0 aliphatic carbocycles. The topological polar surface area (TPSA) is 32.3 Å². The molecule has 0 bridgehead atoms. The van der Waals surface area contributed by atoms with E-state index in [1.54, 1.807) is 30.3 Å². The average Bonchev–Trinajstić information content (AvgIpc) is 2.25. The zero-order chi connectivity index (χ0) is 11.5. The summed E-state index contributed by atoms with van der Waals surface area (Å²) < 4.78 is 5.49. The van der Waals surface area contributed by atoms with Gasteiger partial charge in [0.2, 0.25) is 0 Å². The zero-order valence-electron chi connectivity index (χ0n) is 9.11. The van der Waals surface area contributed by atoms with Gasteiger partial charge in [-0.15, -0.1) is 5.75 Å². The first-order chi connectivity index (χ1) is 7.65. The van der Waals surface area contributed by atoms with E-state index in [-0.39, 0.29) is 35.3 Å². The molecule has 0 aliphatic rings. The van der Waals surface area contributed by atoms with Crippen molar-refractivity contribution in [2.45, 2.75) is 0 Å². The molecule has 0 spiro atoms. The second kappa shape index (κ2) is 6.53. The van der Waals surface area contributed by atoms with Gasteiger partial charge in [0.25, 0.3) is 0 Å². The summed E-state index contributed by atoms with van der Waals surface area (Å²) in [6.07, 6.45) is 0. The Balaban J connectivity index is 0.00000144. The smallest absolute Gasteiger partial charge is 0.872 e. The van der Waals surface area contributed by atoms with Gasteiger partial charge in [-0.1, -0.05) is 35.3 Å². The van der Waals surface area contributed by atoms with E-state index in [1.807, 2.05) is 0 Å². The molecule has 0 fully saturated rings. The minimum Gasteiger partial charge on any atom is -0.872 e. The van der Waals surface area contributed by atoms with Crippen molar-refractivity contribution in [3.05, 3.63) is 52.5 Å². The first-order valence-corrected chi connectivity index (χ1v) is 5.31. The van der Waals surface area contributed by atoms with Crippen LogP contribution in [0.4, 0.5) is 0 Å². The molecular formula is C12H7Cl2NaO2. The molecule has 0 radical (unpaired) electrons. The fourth-order valence-corrected chi connectivity index (χ4v) is 1.64. The van der Waals surface area contributed by atoms with Gasteiger partial charge in [0.1, 0.15) is 11.5 Å². The van der Waals surface area contributed by atoms with E-state index in [0.717, 1.165) is 0 Å². The van der Waals surface area contributed by atoms with Gasteiger partial charge in [0.15, 0.2) is 0 Å². The van der Waals surface area contributed by atoms with Crippen LogP contribution in [0.3, 0.4) is 0 Å². The molecule has 0 atom stereocenters. The molecule has 2 rings (SSSR count). The fraction of sp³-hybridized carbons (Fsp3) is 0. The van der Waals surface area contributed by atoms with Crippen LogP contribution in [0, 0.1) is 0 Å². The van der Waals surface area contributed by atoms with Crippen molar-refractivity contribution < 1.29 is 39.4 Å². The fourth-order valence-electron chi connectivity index (χ4n) is 1.19. The van der Waals surface area contributed by atoms with Crippen molar-refractivity contribution in [2.75, 3.05) is 0 Å². The van der Waals surface area contributed by atoms with Crippen molar-refractivity contribution in [1.82, 2.24) is 0 Å². The minimum atomic E-state index is -0.0606. The van der Waals surface area contributed by atoms with Crippen LogP contribution < -0.4 is 39.4 Å². The Kier molecular flexibility index (Phi) is 5.63. The van der Waals surface area contributed by atoms with Crippen molar-refractivity contribution in [3.63, 3.8) is 0 Å². The van der Waals surface area contributed by atoms with Crippen LogP contribution in [0.15, 0.2) is 42.5 Å². The van der Waals surface area contributed by atoms with E-state index in [1.165, 1.54) is 12.1 Å². The number of rotatable bonds is 2. The van der Waals surface area contributed by atoms with Crippen LogP contribution in [0.1, 0.15) is 0 Å². The number of ether oxygens (including phenoxy) is 1. The molecular weight excluding hydrogens is 270 g/mol. The van der Waals surface area contributed by atoms with Crippen molar-refractivity contribution >= 4 is 23.2 Å². The summed E-state index contributed by atoms with van der Waals surface area (Å²) in [5.74, 6) is 1.00. The van der Waals surface area contributed by atoms with Crippen LogP contribution in [0.2, 0.25) is 10.0 Å². The summed E-state index contributed by atoms with van der Waals surface area (Å²) in [7, 11) is 0. The van der Waals surface area contributed by atoms with Gasteiger partial charge in [-0.25, -0.2) is 0 Å². The van der Waals surface area contributed by atoms with Gasteiger partial charge < -0.3 is 9.84 Å². The number of halogens is 2. The third-order valence-corrected chi connectivity index (χ3v) is 2.48. The first kappa shape index (κ1) is 14.7. The predicted octanol–water partition coefficient (Wildman–Crippen LogP) is 0.863. The standard InChI is InChI=1S/C12H8Cl2O2.Na/c13-8-1-6-12(11(14)7-8)16-10-4-2-9(15)3-5-10;/h1-7,15H;/q;+1/p-1. The van der Waals surface area contributed by atoms with Crippen molar-refractivity contribution in [2.24, 2.45) is 0 Å². The maximum absolute atomic E-state index is 10.9. The van der Waals surface area contributed by atoms with Gasteiger partial charge in [-0.2, -0.15) is 0 Å².